The highest BCUT2D eigenvalue weighted by Gasteiger charge is 2.52. The Morgan fingerprint density at radius 3 is 2.50 bits per heavy atom. The summed E-state index contributed by atoms with van der Waals surface area (Å²) < 4.78 is 1.51. The molecule has 0 spiro atoms. The van der Waals surface area contributed by atoms with Crippen LogP contribution in [0.15, 0.2) is 41.3 Å². The number of nitrogens with zero attached hydrogens (tertiary/aromatic N) is 3. The number of aromatic nitrogens is 2. The Balaban J connectivity index is 1.47. The van der Waals surface area contributed by atoms with E-state index in [0.29, 0.717) is 0 Å². The Bertz CT molecular complexity index is 740. The first-order valence-electron chi connectivity index (χ1n) is 7.78. The van der Waals surface area contributed by atoms with Crippen LogP contribution in [-0.4, -0.2) is 27.5 Å². The summed E-state index contributed by atoms with van der Waals surface area (Å²) in [6, 6.07) is 9.74. The van der Waals surface area contributed by atoms with Crippen molar-refractivity contribution in [2.45, 2.75) is 13.5 Å². The predicted octanol–water partition coefficient (Wildman–Crippen LogP) is 1.51. The van der Waals surface area contributed by atoms with Crippen molar-refractivity contribution >= 4 is 5.82 Å². The van der Waals surface area contributed by atoms with Gasteiger partial charge in [-0.1, -0.05) is 19.1 Å². The van der Waals surface area contributed by atoms with E-state index in [4.69, 9.17) is 5.73 Å². The number of likely N-dealkylation sites (tertiary alicyclic amines) is 1. The number of hydrogen-bond donors (Lipinski definition) is 1. The second kappa shape index (κ2) is 4.95. The van der Waals surface area contributed by atoms with Crippen molar-refractivity contribution in [3.63, 3.8) is 0 Å². The minimum atomic E-state index is -0.346. The molecule has 2 aliphatic rings. The summed E-state index contributed by atoms with van der Waals surface area (Å²) in [7, 11) is 0. The van der Waals surface area contributed by atoms with Gasteiger partial charge >= 0.3 is 5.69 Å². The molecule has 4 rings (SSSR count). The number of fused-ring (bicyclic) bond motifs is 1. The molecule has 1 aliphatic carbocycles. The number of hydrogen-bond acceptors (Lipinski definition) is 4. The van der Waals surface area contributed by atoms with Crippen molar-refractivity contribution in [1.82, 2.24) is 14.5 Å². The molecule has 5 nitrogen and oxygen atoms in total. The third kappa shape index (κ3) is 2.31. The highest BCUT2D eigenvalue weighted by molar-refractivity contribution is 5.36. The van der Waals surface area contributed by atoms with Crippen LogP contribution in [0.2, 0.25) is 0 Å². The van der Waals surface area contributed by atoms with Gasteiger partial charge in [-0.25, -0.2) is 4.79 Å². The minimum Gasteiger partial charge on any atom is -0.383 e. The second-order valence-electron chi connectivity index (χ2n) is 6.55. The monoisotopic (exact) mass is 296 g/mol. The molecule has 0 bridgehead atoms. The molecule has 5 heteroatoms. The Morgan fingerprint density at radius 2 is 1.86 bits per heavy atom. The van der Waals surface area contributed by atoms with E-state index in [1.807, 2.05) is 12.1 Å². The van der Waals surface area contributed by atoms with Crippen LogP contribution in [0.25, 0.3) is 5.69 Å². The Hall–Kier alpha value is -2.14. The Kier molecular flexibility index (Phi) is 3.04. The van der Waals surface area contributed by atoms with Crippen molar-refractivity contribution in [2.24, 2.45) is 17.8 Å². The van der Waals surface area contributed by atoms with Crippen molar-refractivity contribution in [3.05, 3.63) is 52.6 Å². The zero-order chi connectivity index (χ0) is 15.3. The maximum absolute atomic E-state index is 11.8. The first kappa shape index (κ1) is 13.5. The molecule has 114 valence electrons. The molecule has 22 heavy (non-hydrogen) atoms. The Morgan fingerprint density at radius 1 is 1.18 bits per heavy atom. The third-order valence-corrected chi connectivity index (χ3v) is 5.14. The van der Waals surface area contributed by atoms with Gasteiger partial charge in [-0.3, -0.25) is 9.47 Å². The zero-order valence-corrected chi connectivity index (χ0v) is 12.6. The lowest BCUT2D eigenvalue weighted by Gasteiger charge is -2.18. The minimum absolute atomic E-state index is 0.250. The van der Waals surface area contributed by atoms with Crippen LogP contribution in [-0.2, 0) is 6.54 Å². The van der Waals surface area contributed by atoms with Crippen molar-refractivity contribution < 1.29 is 0 Å². The van der Waals surface area contributed by atoms with Gasteiger partial charge < -0.3 is 5.73 Å². The molecule has 2 heterocycles. The molecule has 2 aromatic rings. The number of nitrogens with two attached hydrogens (primary N) is 1. The molecule has 1 aliphatic heterocycles. The Labute approximate surface area is 129 Å². The van der Waals surface area contributed by atoms with Gasteiger partial charge in [0.05, 0.1) is 5.69 Å². The summed E-state index contributed by atoms with van der Waals surface area (Å²) in [5.74, 6) is 3.04. The number of rotatable bonds is 3. The van der Waals surface area contributed by atoms with Gasteiger partial charge in [0.15, 0.2) is 0 Å². The van der Waals surface area contributed by atoms with Crippen LogP contribution in [0.3, 0.4) is 0 Å². The third-order valence-electron chi connectivity index (χ3n) is 5.14. The summed E-state index contributed by atoms with van der Waals surface area (Å²) in [4.78, 5) is 18.1. The molecular weight excluding hydrogens is 276 g/mol. The first-order chi connectivity index (χ1) is 10.6. The number of piperidine rings is 1. The zero-order valence-electron chi connectivity index (χ0n) is 12.6. The lowest BCUT2D eigenvalue weighted by molar-refractivity contribution is 0.281. The highest BCUT2D eigenvalue weighted by Crippen LogP contribution is 2.51. The van der Waals surface area contributed by atoms with E-state index in [1.54, 1.807) is 12.3 Å². The molecule has 1 unspecified atom stereocenters. The van der Waals surface area contributed by atoms with Crippen molar-refractivity contribution in [3.8, 4) is 5.69 Å². The summed E-state index contributed by atoms with van der Waals surface area (Å²) in [6.07, 6.45) is 1.66. The van der Waals surface area contributed by atoms with E-state index in [1.165, 1.54) is 23.2 Å². The standard InChI is InChI=1S/C17H20N4O/c1-11-14-9-20(10-15(11)14)8-12-2-4-13(5-3-12)21-7-6-16(18)19-17(21)22/h2-7,11,14-15H,8-10H2,1H3,(H2,18,19,22)/t11-,14+,15?/m0/s1. The molecule has 1 aromatic carbocycles. The fourth-order valence-electron chi connectivity index (χ4n) is 3.67. The van der Waals surface area contributed by atoms with Gasteiger partial charge in [-0.05, 0) is 41.5 Å². The van der Waals surface area contributed by atoms with Gasteiger partial charge in [-0.15, -0.1) is 0 Å². The smallest absolute Gasteiger partial charge is 0.354 e. The van der Waals surface area contributed by atoms with Gasteiger partial charge in [-0.2, -0.15) is 4.98 Å². The lowest BCUT2D eigenvalue weighted by Crippen LogP contribution is -2.24. The molecule has 0 radical (unpaired) electrons. The molecule has 1 aromatic heterocycles. The summed E-state index contributed by atoms with van der Waals surface area (Å²) >= 11 is 0. The van der Waals surface area contributed by atoms with E-state index in [0.717, 1.165) is 30.0 Å². The molecule has 2 fully saturated rings. The van der Waals surface area contributed by atoms with Crippen molar-refractivity contribution in [2.75, 3.05) is 18.8 Å². The van der Waals surface area contributed by atoms with Gasteiger partial charge in [0.25, 0.3) is 0 Å². The van der Waals surface area contributed by atoms with Gasteiger partial charge in [0.2, 0.25) is 0 Å². The number of nitrogen functional groups attached to an aromatic ring is 1. The van der Waals surface area contributed by atoms with Crippen LogP contribution in [0.1, 0.15) is 12.5 Å². The van der Waals surface area contributed by atoms with Crippen LogP contribution in [0.5, 0.6) is 0 Å². The molecule has 3 atom stereocenters. The maximum Gasteiger partial charge on any atom is 0.354 e. The quantitative estimate of drug-likeness (QED) is 0.932. The fraction of sp³-hybridized carbons (Fsp3) is 0.412. The van der Waals surface area contributed by atoms with E-state index in [2.05, 4.69) is 28.9 Å². The van der Waals surface area contributed by atoms with E-state index in [9.17, 15) is 4.79 Å². The number of anilines is 1. The highest BCUT2D eigenvalue weighted by atomic mass is 16.1. The summed E-state index contributed by atoms with van der Waals surface area (Å²) in [6.45, 7) is 5.82. The van der Waals surface area contributed by atoms with Gasteiger partial charge in [0.1, 0.15) is 5.82 Å². The summed E-state index contributed by atoms with van der Waals surface area (Å²) in [5, 5.41) is 0. The molecule has 1 saturated carbocycles. The normalized spacial score (nSPS) is 26.9. The first-order valence-corrected chi connectivity index (χ1v) is 7.78. The average Bonchev–Trinajstić information content (AvgIpc) is 2.92. The average molecular weight is 296 g/mol. The predicted molar refractivity (Wildman–Crippen MR) is 85.7 cm³/mol. The number of benzene rings is 1. The van der Waals surface area contributed by atoms with E-state index in [-0.39, 0.29) is 11.5 Å². The van der Waals surface area contributed by atoms with Crippen molar-refractivity contribution in [1.29, 1.82) is 0 Å². The fourth-order valence-corrected chi connectivity index (χ4v) is 3.67. The summed E-state index contributed by atoms with van der Waals surface area (Å²) in [5.41, 5.74) is 7.27. The SMILES string of the molecule is C[C@@H]1C2CN(Cc3ccc(-n4ccc(N)nc4=O)cc3)C[C@@H]21. The lowest BCUT2D eigenvalue weighted by atomic mass is 10.2. The molecule has 1 saturated heterocycles. The van der Waals surface area contributed by atoms with E-state index < -0.39 is 0 Å². The van der Waals surface area contributed by atoms with Crippen LogP contribution in [0.4, 0.5) is 5.82 Å². The molecule has 2 N–H and O–H groups in total. The van der Waals surface area contributed by atoms with E-state index >= 15 is 0 Å². The largest absolute Gasteiger partial charge is 0.383 e. The maximum atomic E-state index is 11.8. The van der Waals surface area contributed by atoms with Crippen LogP contribution < -0.4 is 11.4 Å². The molecule has 0 amide bonds. The van der Waals surface area contributed by atoms with Crippen LogP contribution >= 0.6 is 0 Å². The molecular formula is C17H20N4O. The topological polar surface area (TPSA) is 64.2 Å². The van der Waals surface area contributed by atoms with Gasteiger partial charge in [0, 0.05) is 25.8 Å². The second-order valence-corrected chi connectivity index (χ2v) is 6.55. The van der Waals surface area contributed by atoms with Crippen LogP contribution in [0, 0.1) is 17.8 Å².